The van der Waals surface area contributed by atoms with E-state index < -0.39 is 27.2 Å². The molecule has 0 bridgehead atoms. The molecule has 2 atom stereocenters. The molecule has 6 heteroatoms. The van der Waals surface area contributed by atoms with Gasteiger partial charge in [-0.25, -0.2) is 0 Å². The van der Waals surface area contributed by atoms with Crippen LogP contribution in [0.3, 0.4) is 0 Å². The standard InChI is InChI=1S/C3H8O5Se/c4-1-3(5)2-8-9(6)7/h3-5H,1-2H2,(H,6,7). The molecule has 2 unspecified atom stereocenters. The van der Waals surface area contributed by atoms with E-state index in [1.54, 1.807) is 0 Å². The monoisotopic (exact) mass is 204 g/mol. The number of hydrogen-bond donors (Lipinski definition) is 3. The minimum absolute atomic E-state index is 0.291. The Morgan fingerprint density at radius 3 is 2.56 bits per heavy atom. The molecule has 0 fully saturated rings. The first-order chi connectivity index (χ1) is 4.16. The summed E-state index contributed by atoms with van der Waals surface area (Å²) in [5.41, 5.74) is 0. The molecule has 0 aromatic heterocycles. The molecule has 0 spiro atoms. The summed E-state index contributed by atoms with van der Waals surface area (Å²) in [6.45, 7) is -0.750. The Morgan fingerprint density at radius 2 is 2.22 bits per heavy atom. The molecule has 0 aliphatic heterocycles. The van der Waals surface area contributed by atoms with E-state index in [4.69, 9.17) is 14.4 Å². The zero-order valence-corrected chi connectivity index (χ0v) is 6.27. The number of aliphatic hydroxyl groups is 2. The molecule has 0 heterocycles. The van der Waals surface area contributed by atoms with Gasteiger partial charge in [-0.3, -0.25) is 0 Å². The molecule has 0 aromatic carbocycles. The molecule has 0 saturated carbocycles. The van der Waals surface area contributed by atoms with Crippen molar-refractivity contribution < 1.29 is 22.1 Å². The van der Waals surface area contributed by atoms with Crippen molar-refractivity contribution in [1.82, 2.24) is 0 Å². The first-order valence-corrected chi connectivity index (χ1v) is 4.36. The van der Waals surface area contributed by atoms with Crippen molar-refractivity contribution in [3.8, 4) is 0 Å². The van der Waals surface area contributed by atoms with Crippen LogP contribution in [0.15, 0.2) is 0 Å². The van der Waals surface area contributed by atoms with Crippen LogP contribution >= 0.6 is 0 Å². The first kappa shape index (κ1) is 9.16. The van der Waals surface area contributed by atoms with Gasteiger partial charge in [-0.1, -0.05) is 0 Å². The Balaban J connectivity index is 3.16. The van der Waals surface area contributed by atoms with Crippen LogP contribution in [0.5, 0.6) is 0 Å². The fourth-order valence-corrected chi connectivity index (χ4v) is 0.763. The van der Waals surface area contributed by atoms with Crippen LogP contribution in [-0.2, 0) is 7.65 Å². The number of rotatable bonds is 4. The second-order valence-electron chi connectivity index (χ2n) is 1.34. The van der Waals surface area contributed by atoms with Gasteiger partial charge in [-0.05, 0) is 0 Å². The van der Waals surface area contributed by atoms with E-state index in [1.165, 1.54) is 0 Å². The van der Waals surface area contributed by atoms with E-state index >= 15 is 0 Å². The van der Waals surface area contributed by atoms with Gasteiger partial charge in [-0.2, -0.15) is 0 Å². The molecule has 0 saturated heterocycles. The van der Waals surface area contributed by atoms with Crippen LogP contribution in [0.4, 0.5) is 0 Å². The third kappa shape index (κ3) is 6.04. The topological polar surface area (TPSA) is 87.0 Å². The number of hydrogen-bond acceptors (Lipinski definition) is 4. The zero-order valence-electron chi connectivity index (χ0n) is 4.56. The quantitative estimate of drug-likeness (QED) is 0.450. The molecule has 0 amide bonds. The van der Waals surface area contributed by atoms with E-state index in [-0.39, 0.29) is 6.61 Å². The van der Waals surface area contributed by atoms with Gasteiger partial charge >= 0.3 is 55.9 Å². The molecule has 9 heavy (non-hydrogen) atoms. The Labute approximate surface area is 56.6 Å². The van der Waals surface area contributed by atoms with Crippen LogP contribution < -0.4 is 0 Å². The average Bonchev–Trinajstić information content (AvgIpc) is 1.83. The van der Waals surface area contributed by atoms with Crippen molar-refractivity contribution in [3.05, 3.63) is 0 Å². The van der Waals surface area contributed by atoms with Crippen LogP contribution in [-0.4, -0.2) is 48.2 Å². The van der Waals surface area contributed by atoms with E-state index in [0.29, 0.717) is 0 Å². The third-order valence-corrected chi connectivity index (χ3v) is 1.28. The molecule has 5 nitrogen and oxygen atoms in total. The summed E-state index contributed by atoms with van der Waals surface area (Å²) in [6.07, 6.45) is -1.06. The summed E-state index contributed by atoms with van der Waals surface area (Å²) in [7, 11) is 0. The van der Waals surface area contributed by atoms with Gasteiger partial charge in [-0.15, -0.1) is 0 Å². The second-order valence-corrected chi connectivity index (χ2v) is 2.74. The van der Waals surface area contributed by atoms with Crippen LogP contribution in [0, 0.1) is 0 Å². The maximum atomic E-state index is 9.81. The molecule has 56 valence electrons. The van der Waals surface area contributed by atoms with Gasteiger partial charge in [0.25, 0.3) is 0 Å². The molecular formula is C3H8O5Se. The van der Waals surface area contributed by atoms with Gasteiger partial charge in [0.15, 0.2) is 0 Å². The van der Waals surface area contributed by atoms with Gasteiger partial charge in [0.05, 0.1) is 0 Å². The van der Waals surface area contributed by atoms with Crippen molar-refractivity contribution in [2.75, 3.05) is 13.2 Å². The van der Waals surface area contributed by atoms with Crippen molar-refractivity contribution in [2.45, 2.75) is 6.10 Å². The molecular weight excluding hydrogens is 195 g/mol. The van der Waals surface area contributed by atoms with E-state index in [2.05, 4.69) is 3.82 Å². The Kier molecular flexibility index (Phi) is 5.07. The third-order valence-electron chi connectivity index (χ3n) is 0.572. The van der Waals surface area contributed by atoms with Gasteiger partial charge < -0.3 is 0 Å². The first-order valence-electron chi connectivity index (χ1n) is 2.20. The van der Waals surface area contributed by atoms with E-state index in [1.807, 2.05) is 0 Å². The van der Waals surface area contributed by atoms with E-state index in [9.17, 15) is 3.83 Å². The predicted octanol–water partition coefficient (Wildman–Crippen LogP) is -2.24. The maximum absolute atomic E-state index is 9.81. The molecule has 0 radical (unpaired) electrons. The zero-order chi connectivity index (χ0) is 7.28. The van der Waals surface area contributed by atoms with Crippen LogP contribution in [0.1, 0.15) is 0 Å². The SMILES string of the molecule is O=[Se](O)OCC(O)CO. The van der Waals surface area contributed by atoms with Crippen molar-refractivity contribution in [3.63, 3.8) is 0 Å². The summed E-state index contributed by atoms with van der Waals surface area (Å²) in [4.78, 5) is 0. The van der Waals surface area contributed by atoms with Crippen LogP contribution in [0.2, 0.25) is 0 Å². The van der Waals surface area contributed by atoms with Crippen molar-refractivity contribution in [1.29, 1.82) is 0 Å². The molecule has 3 N–H and O–H groups in total. The minimum atomic E-state index is -3.15. The second kappa shape index (κ2) is 4.99. The Hall–Kier alpha value is 0.159. The van der Waals surface area contributed by atoms with Gasteiger partial charge in [0.2, 0.25) is 0 Å². The fourth-order valence-electron chi connectivity index (χ4n) is 0.189. The summed E-state index contributed by atoms with van der Waals surface area (Å²) in [6, 6.07) is 0. The van der Waals surface area contributed by atoms with Crippen molar-refractivity contribution >= 4 is 14.5 Å². The van der Waals surface area contributed by atoms with Gasteiger partial charge in [0, 0.05) is 0 Å². The predicted molar refractivity (Wildman–Crippen MR) is 27.7 cm³/mol. The average molecular weight is 203 g/mol. The van der Waals surface area contributed by atoms with Crippen LogP contribution in [0.25, 0.3) is 0 Å². The molecule has 0 rings (SSSR count). The molecule has 0 aromatic rings. The molecule has 0 aliphatic carbocycles. The Bertz CT molecular complexity index is 94.2. The summed E-state index contributed by atoms with van der Waals surface area (Å²) >= 11 is -3.15. The molecule has 0 aliphatic rings. The Morgan fingerprint density at radius 1 is 1.67 bits per heavy atom. The van der Waals surface area contributed by atoms with Gasteiger partial charge in [0.1, 0.15) is 0 Å². The fraction of sp³-hybridized carbons (Fsp3) is 1.00. The normalized spacial score (nSPS) is 17.2. The van der Waals surface area contributed by atoms with Crippen molar-refractivity contribution in [2.24, 2.45) is 0 Å². The van der Waals surface area contributed by atoms with E-state index in [0.717, 1.165) is 0 Å². The summed E-state index contributed by atoms with van der Waals surface area (Å²) in [5.74, 6) is 0. The number of aliphatic hydroxyl groups excluding tert-OH is 2. The summed E-state index contributed by atoms with van der Waals surface area (Å²) in [5, 5.41) is 16.6. The summed E-state index contributed by atoms with van der Waals surface area (Å²) < 4.78 is 22.0.